The molecule has 7 heteroatoms. The molecule has 0 saturated heterocycles. The second kappa shape index (κ2) is 10.2. The van der Waals surface area contributed by atoms with Crippen LogP contribution in [0.4, 0.5) is 5.69 Å². The van der Waals surface area contributed by atoms with Crippen LogP contribution in [-0.4, -0.2) is 23.8 Å². The van der Waals surface area contributed by atoms with Crippen molar-refractivity contribution in [2.75, 3.05) is 18.2 Å². The van der Waals surface area contributed by atoms with Crippen molar-refractivity contribution in [3.05, 3.63) is 46.6 Å². The van der Waals surface area contributed by atoms with Gasteiger partial charge >= 0.3 is 0 Å². The highest BCUT2D eigenvalue weighted by atomic mass is 35.5. The lowest BCUT2D eigenvalue weighted by molar-refractivity contribution is -0.115. The van der Waals surface area contributed by atoms with Crippen molar-refractivity contribution in [3.63, 3.8) is 0 Å². The molecule has 0 spiro atoms. The van der Waals surface area contributed by atoms with Gasteiger partial charge in [-0.3, -0.25) is 4.79 Å². The van der Waals surface area contributed by atoms with E-state index in [1.807, 2.05) is 6.07 Å². The molecule has 0 aliphatic rings. The average molecular weight is 404 g/mol. The lowest BCUT2D eigenvalue weighted by Gasteiger charge is -2.09. The van der Waals surface area contributed by atoms with Crippen LogP contribution in [0.2, 0.25) is 5.02 Å². The van der Waals surface area contributed by atoms with E-state index < -0.39 is 0 Å². The molecule has 1 amide bonds. The molecule has 0 bridgehead atoms. The third kappa shape index (κ3) is 6.46. The lowest BCUT2D eigenvalue weighted by atomic mass is 10.1. The predicted molar refractivity (Wildman–Crippen MR) is 109 cm³/mol. The minimum atomic E-state index is -0.124. The molecule has 142 valence electrons. The van der Waals surface area contributed by atoms with Crippen molar-refractivity contribution in [2.45, 2.75) is 31.7 Å². The van der Waals surface area contributed by atoms with E-state index in [1.54, 1.807) is 24.3 Å². The lowest BCUT2D eigenvalue weighted by Crippen LogP contribution is -2.12. The minimum Gasteiger partial charge on any atom is -0.495 e. The van der Waals surface area contributed by atoms with Crippen molar-refractivity contribution in [1.82, 2.24) is 4.98 Å². The Morgan fingerprint density at radius 3 is 2.78 bits per heavy atom. The summed E-state index contributed by atoms with van der Waals surface area (Å²) >= 11 is 7.48. The number of carbonyl (C=O) groups excluding carboxylic acids is 1. The number of pyridine rings is 1. The minimum absolute atomic E-state index is 0.124. The van der Waals surface area contributed by atoms with E-state index in [0.717, 1.165) is 12.1 Å². The zero-order valence-electron chi connectivity index (χ0n) is 15.6. The van der Waals surface area contributed by atoms with Crippen LogP contribution in [0.25, 0.3) is 0 Å². The summed E-state index contributed by atoms with van der Waals surface area (Å²) < 4.78 is 5.09. The van der Waals surface area contributed by atoms with Crippen molar-refractivity contribution in [3.8, 4) is 11.8 Å². The molecule has 0 unspecified atom stereocenters. The zero-order chi connectivity index (χ0) is 19.8. The molecule has 0 aliphatic carbocycles. The normalized spacial score (nSPS) is 10.5. The van der Waals surface area contributed by atoms with Gasteiger partial charge in [-0.2, -0.15) is 5.26 Å². The van der Waals surface area contributed by atoms with Gasteiger partial charge in [0.05, 0.1) is 17.7 Å². The standard InChI is InChI=1S/C20H22ClN3O2S/c1-13(2)10-15-5-4-14(12-22)20(24-15)27-9-8-19(25)23-16-6-7-18(26-3)17(21)11-16/h4-7,11,13H,8-10H2,1-3H3,(H,23,25). The largest absolute Gasteiger partial charge is 0.495 e. The third-order valence-electron chi connectivity index (χ3n) is 3.66. The fourth-order valence-corrected chi connectivity index (χ4v) is 3.60. The monoisotopic (exact) mass is 403 g/mol. The number of halogens is 1. The highest BCUT2D eigenvalue weighted by Crippen LogP contribution is 2.27. The summed E-state index contributed by atoms with van der Waals surface area (Å²) in [5.41, 5.74) is 2.12. The van der Waals surface area contributed by atoms with Crippen molar-refractivity contribution in [2.24, 2.45) is 5.92 Å². The molecule has 5 nitrogen and oxygen atoms in total. The summed E-state index contributed by atoms with van der Waals surface area (Å²) in [7, 11) is 1.54. The molecule has 2 aromatic rings. The van der Waals surface area contributed by atoms with Crippen LogP contribution in [-0.2, 0) is 11.2 Å². The Morgan fingerprint density at radius 1 is 1.37 bits per heavy atom. The molecule has 0 aliphatic heterocycles. The Bertz CT molecular complexity index is 850. The van der Waals surface area contributed by atoms with Crippen molar-refractivity contribution >= 4 is 35.0 Å². The summed E-state index contributed by atoms with van der Waals surface area (Å²) in [4.78, 5) is 16.7. The molecule has 0 saturated carbocycles. The number of hydrogen-bond donors (Lipinski definition) is 1. The second-order valence-electron chi connectivity index (χ2n) is 6.36. The summed E-state index contributed by atoms with van der Waals surface area (Å²) in [5, 5.41) is 13.2. The van der Waals surface area contributed by atoms with E-state index in [1.165, 1.54) is 18.9 Å². The summed E-state index contributed by atoms with van der Waals surface area (Å²) in [5.74, 6) is 1.45. The van der Waals surface area contributed by atoms with Gasteiger partial charge in [0.2, 0.25) is 5.91 Å². The number of nitrogens with zero attached hydrogens (tertiary/aromatic N) is 2. The van der Waals surface area contributed by atoms with Gasteiger partial charge in [-0.1, -0.05) is 25.4 Å². The first kappa shape index (κ1) is 21.1. The van der Waals surface area contributed by atoms with E-state index in [-0.39, 0.29) is 5.91 Å². The summed E-state index contributed by atoms with van der Waals surface area (Å²) in [6, 6.07) is 10.9. The van der Waals surface area contributed by atoms with Gasteiger partial charge in [-0.15, -0.1) is 11.8 Å². The molecule has 1 aromatic heterocycles. The first-order valence-electron chi connectivity index (χ1n) is 8.59. The second-order valence-corrected chi connectivity index (χ2v) is 7.85. The SMILES string of the molecule is COc1ccc(NC(=O)CCSc2nc(CC(C)C)ccc2C#N)cc1Cl. The van der Waals surface area contributed by atoms with Gasteiger partial charge < -0.3 is 10.1 Å². The quantitative estimate of drug-likeness (QED) is 0.632. The Kier molecular flexibility index (Phi) is 7.96. The Hall–Kier alpha value is -2.23. The molecule has 1 heterocycles. The Balaban J connectivity index is 1.92. The Morgan fingerprint density at radius 2 is 2.15 bits per heavy atom. The molecule has 0 radical (unpaired) electrons. The fraction of sp³-hybridized carbons (Fsp3) is 0.350. The number of nitrogens with one attached hydrogen (secondary N) is 1. The average Bonchev–Trinajstić information content (AvgIpc) is 2.61. The van der Waals surface area contributed by atoms with Gasteiger partial charge in [0, 0.05) is 23.6 Å². The number of benzene rings is 1. The molecule has 1 N–H and O–H groups in total. The van der Waals surface area contributed by atoms with Crippen molar-refractivity contribution in [1.29, 1.82) is 5.26 Å². The number of anilines is 1. The molecule has 0 fully saturated rings. The van der Waals surface area contributed by atoms with Crippen LogP contribution in [0.1, 0.15) is 31.5 Å². The van der Waals surface area contributed by atoms with Gasteiger partial charge in [0.15, 0.2) is 0 Å². The van der Waals surface area contributed by atoms with Gasteiger partial charge in [-0.25, -0.2) is 4.98 Å². The smallest absolute Gasteiger partial charge is 0.225 e. The number of aromatic nitrogens is 1. The maximum absolute atomic E-state index is 12.2. The van der Waals surface area contributed by atoms with E-state index in [2.05, 4.69) is 30.2 Å². The van der Waals surface area contributed by atoms with Gasteiger partial charge in [0.1, 0.15) is 16.8 Å². The third-order valence-corrected chi connectivity index (χ3v) is 4.95. The predicted octanol–water partition coefficient (Wildman–Crippen LogP) is 4.93. The zero-order valence-corrected chi connectivity index (χ0v) is 17.2. The van der Waals surface area contributed by atoms with E-state index in [9.17, 15) is 10.1 Å². The van der Waals surface area contributed by atoms with Crippen LogP contribution in [0.15, 0.2) is 35.4 Å². The number of hydrogen-bond acceptors (Lipinski definition) is 5. The van der Waals surface area contributed by atoms with Gasteiger partial charge in [-0.05, 0) is 42.7 Å². The summed E-state index contributed by atoms with van der Waals surface area (Å²) in [6.45, 7) is 4.25. The first-order valence-corrected chi connectivity index (χ1v) is 9.95. The molecule has 2 rings (SSSR count). The Labute approximate surface area is 169 Å². The van der Waals surface area contributed by atoms with E-state index >= 15 is 0 Å². The van der Waals surface area contributed by atoms with E-state index in [4.69, 9.17) is 16.3 Å². The highest BCUT2D eigenvalue weighted by Gasteiger charge is 2.10. The molecule has 27 heavy (non-hydrogen) atoms. The highest BCUT2D eigenvalue weighted by molar-refractivity contribution is 7.99. The van der Waals surface area contributed by atoms with Gasteiger partial charge in [0.25, 0.3) is 0 Å². The number of carbonyl (C=O) groups is 1. The molecular formula is C20H22ClN3O2S. The topological polar surface area (TPSA) is 75.0 Å². The number of amides is 1. The number of rotatable bonds is 8. The van der Waals surface area contributed by atoms with Crippen LogP contribution >= 0.6 is 23.4 Å². The number of methoxy groups -OCH3 is 1. The molecule has 1 aromatic carbocycles. The van der Waals surface area contributed by atoms with Crippen LogP contribution < -0.4 is 10.1 Å². The van der Waals surface area contributed by atoms with Crippen LogP contribution in [0, 0.1) is 17.2 Å². The van der Waals surface area contributed by atoms with E-state index in [0.29, 0.717) is 45.1 Å². The van der Waals surface area contributed by atoms with Crippen LogP contribution in [0.3, 0.4) is 0 Å². The number of nitriles is 1. The maximum Gasteiger partial charge on any atom is 0.225 e. The molecule has 0 atom stereocenters. The van der Waals surface area contributed by atoms with Crippen LogP contribution in [0.5, 0.6) is 5.75 Å². The molecular weight excluding hydrogens is 382 g/mol. The fourth-order valence-electron chi connectivity index (χ4n) is 2.41. The summed E-state index contributed by atoms with van der Waals surface area (Å²) in [6.07, 6.45) is 1.16. The van der Waals surface area contributed by atoms with Crippen molar-refractivity contribution < 1.29 is 9.53 Å². The number of thioether (sulfide) groups is 1. The first-order chi connectivity index (χ1) is 12.9. The number of ether oxygens (including phenoxy) is 1. The maximum atomic E-state index is 12.2.